The second-order valence-electron chi connectivity index (χ2n) is 6.97. The molecule has 3 rings (SSSR count). The zero-order valence-electron chi connectivity index (χ0n) is 17.8. The van der Waals surface area contributed by atoms with Crippen LogP contribution in [0, 0.1) is 5.41 Å². The van der Waals surface area contributed by atoms with E-state index in [1.165, 1.54) is 14.2 Å². The molecule has 0 heterocycles. The van der Waals surface area contributed by atoms with E-state index in [9.17, 15) is 9.46 Å². The second-order valence-corrected chi connectivity index (χ2v) is 8.98. The predicted molar refractivity (Wildman–Crippen MR) is 124 cm³/mol. The van der Waals surface area contributed by atoms with Gasteiger partial charge in [0, 0.05) is 18.4 Å². The van der Waals surface area contributed by atoms with Crippen LogP contribution in [0.15, 0.2) is 72.8 Å². The Morgan fingerprint density at radius 2 is 1.75 bits per heavy atom. The maximum atomic E-state index is 12.8. The Balaban J connectivity index is 1.87. The molecule has 8 nitrogen and oxygen atoms in total. The molecule has 9 heteroatoms. The molecule has 0 fully saturated rings. The van der Waals surface area contributed by atoms with Crippen molar-refractivity contribution < 1.29 is 23.5 Å². The Hall–Kier alpha value is -3.32. The van der Waals surface area contributed by atoms with Crippen LogP contribution in [-0.2, 0) is 15.7 Å². The van der Waals surface area contributed by atoms with Gasteiger partial charge in [-0.2, -0.15) is 0 Å². The molecule has 0 aliphatic carbocycles. The Bertz CT molecular complexity index is 1110. The molecule has 0 saturated carbocycles. The van der Waals surface area contributed by atoms with Crippen LogP contribution in [0.2, 0.25) is 0 Å². The molecular formula is C23H26N3O5P. The molecule has 0 radical (unpaired) electrons. The highest BCUT2D eigenvalue weighted by atomic mass is 31.2. The van der Waals surface area contributed by atoms with Gasteiger partial charge in [-0.15, -0.1) is 0 Å². The number of rotatable bonds is 10. The summed E-state index contributed by atoms with van der Waals surface area (Å²) in [6, 6.07) is 21.4. The Morgan fingerprint density at radius 3 is 2.34 bits per heavy atom. The lowest BCUT2D eigenvalue weighted by atomic mass is 10.1. The molecule has 0 aromatic heterocycles. The van der Waals surface area contributed by atoms with Crippen LogP contribution in [-0.4, -0.2) is 24.9 Å². The second kappa shape index (κ2) is 10.3. The van der Waals surface area contributed by atoms with E-state index in [-0.39, 0.29) is 5.84 Å². The first kappa shape index (κ1) is 23.3. The van der Waals surface area contributed by atoms with Gasteiger partial charge in [-0.25, -0.2) is 0 Å². The summed E-state index contributed by atoms with van der Waals surface area (Å²) in [4.78, 5) is 10.5. The van der Waals surface area contributed by atoms with Gasteiger partial charge in [-0.05, 0) is 47.5 Å². The summed E-state index contributed by atoms with van der Waals surface area (Å²) in [5.74, 6) is -0.190. The first-order valence-electron chi connectivity index (χ1n) is 9.78. The van der Waals surface area contributed by atoms with Crippen molar-refractivity contribution in [1.29, 1.82) is 5.41 Å². The molecular weight excluding hydrogens is 429 g/mol. The number of benzene rings is 3. The molecule has 0 saturated heterocycles. The van der Waals surface area contributed by atoms with Crippen LogP contribution in [0.1, 0.15) is 22.5 Å². The lowest BCUT2D eigenvalue weighted by Gasteiger charge is -2.25. The maximum Gasteiger partial charge on any atom is 0.354 e. The van der Waals surface area contributed by atoms with E-state index in [1.807, 2.05) is 30.3 Å². The highest BCUT2D eigenvalue weighted by molar-refractivity contribution is 7.53. The summed E-state index contributed by atoms with van der Waals surface area (Å²) in [6.07, 6.45) is 0. The summed E-state index contributed by atoms with van der Waals surface area (Å²) in [6.45, 7) is 0.358. The lowest BCUT2D eigenvalue weighted by molar-refractivity contribution is 0.284. The third-order valence-electron chi connectivity index (χ3n) is 4.83. The number of hydrogen-bond donors (Lipinski definition) is 4. The molecule has 0 bridgehead atoms. The highest BCUT2D eigenvalue weighted by Crippen LogP contribution is 2.56. The number of ether oxygens (including phenoxy) is 2. The van der Waals surface area contributed by atoms with E-state index in [2.05, 4.69) is 5.32 Å². The maximum absolute atomic E-state index is 12.8. The smallest absolute Gasteiger partial charge is 0.354 e. The molecule has 0 aliphatic rings. The molecule has 3 aromatic rings. The van der Waals surface area contributed by atoms with Crippen molar-refractivity contribution >= 4 is 19.1 Å². The number of methoxy groups -OCH3 is 1. The topological polar surface area (TPSA) is 127 Å². The van der Waals surface area contributed by atoms with Gasteiger partial charge >= 0.3 is 7.60 Å². The third kappa shape index (κ3) is 5.68. The number of nitrogens with one attached hydrogen (secondary N) is 2. The zero-order chi connectivity index (χ0) is 23.1. The van der Waals surface area contributed by atoms with Gasteiger partial charge in [-0.1, -0.05) is 36.4 Å². The average Bonchev–Trinajstić information content (AvgIpc) is 2.82. The van der Waals surface area contributed by atoms with Crippen LogP contribution >= 0.6 is 7.60 Å². The average molecular weight is 455 g/mol. The first-order valence-corrected chi connectivity index (χ1v) is 11.4. The SMILES string of the molecule is COc1cc(C(Nc2ccc(C(=N)N)cc2)P(=O)(O)OC)ccc1OCc1ccccc1. The Morgan fingerprint density at radius 1 is 1.06 bits per heavy atom. The van der Waals surface area contributed by atoms with Gasteiger partial charge in [0.25, 0.3) is 0 Å². The van der Waals surface area contributed by atoms with Crippen LogP contribution in [0.5, 0.6) is 11.5 Å². The fourth-order valence-corrected chi connectivity index (χ4v) is 4.13. The monoisotopic (exact) mass is 455 g/mol. The van der Waals surface area contributed by atoms with Crippen LogP contribution in [0.4, 0.5) is 5.69 Å². The summed E-state index contributed by atoms with van der Waals surface area (Å²) in [5, 5.41) is 10.5. The molecule has 0 spiro atoms. The summed E-state index contributed by atoms with van der Waals surface area (Å²) < 4.78 is 29.1. The van der Waals surface area contributed by atoms with Crippen molar-refractivity contribution in [2.45, 2.75) is 12.4 Å². The molecule has 2 unspecified atom stereocenters. The van der Waals surface area contributed by atoms with Gasteiger partial charge in [0.2, 0.25) is 0 Å². The number of amidine groups is 1. The van der Waals surface area contributed by atoms with Crippen LogP contribution in [0.25, 0.3) is 0 Å². The van der Waals surface area contributed by atoms with Crippen molar-refractivity contribution in [2.75, 3.05) is 19.5 Å². The minimum absolute atomic E-state index is 0.0614. The molecule has 5 N–H and O–H groups in total. The minimum atomic E-state index is -4.08. The molecule has 32 heavy (non-hydrogen) atoms. The van der Waals surface area contributed by atoms with Gasteiger partial charge in [-0.3, -0.25) is 9.97 Å². The summed E-state index contributed by atoms with van der Waals surface area (Å²) in [7, 11) is -1.40. The normalized spacial score (nSPS) is 13.6. The summed E-state index contributed by atoms with van der Waals surface area (Å²) >= 11 is 0. The number of nitrogens with two attached hydrogens (primary N) is 1. The van der Waals surface area contributed by atoms with Gasteiger partial charge in [0.05, 0.1) is 7.11 Å². The van der Waals surface area contributed by atoms with Crippen molar-refractivity contribution in [3.05, 3.63) is 89.5 Å². The van der Waals surface area contributed by atoms with Crippen molar-refractivity contribution in [3.8, 4) is 11.5 Å². The van der Waals surface area contributed by atoms with Crippen LogP contribution < -0.4 is 20.5 Å². The van der Waals surface area contributed by atoms with E-state index < -0.39 is 13.4 Å². The van der Waals surface area contributed by atoms with Crippen LogP contribution in [0.3, 0.4) is 0 Å². The van der Waals surface area contributed by atoms with E-state index in [0.29, 0.717) is 34.9 Å². The molecule has 3 aromatic carbocycles. The number of anilines is 1. The minimum Gasteiger partial charge on any atom is -0.493 e. The molecule has 0 aliphatic heterocycles. The summed E-state index contributed by atoms with van der Waals surface area (Å²) in [5.41, 5.74) is 8.09. The number of nitrogen functional groups attached to an aromatic ring is 1. The fourth-order valence-electron chi connectivity index (χ4n) is 3.07. The first-order chi connectivity index (χ1) is 15.3. The van der Waals surface area contributed by atoms with Gasteiger partial charge in [0.15, 0.2) is 17.3 Å². The fraction of sp³-hybridized carbons (Fsp3) is 0.174. The van der Waals surface area contributed by atoms with E-state index in [4.69, 9.17) is 25.1 Å². The van der Waals surface area contributed by atoms with Crippen molar-refractivity contribution in [1.82, 2.24) is 0 Å². The highest BCUT2D eigenvalue weighted by Gasteiger charge is 2.33. The molecule has 0 amide bonds. The van der Waals surface area contributed by atoms with Gasteiger partial charge in [0.1, 0.15) is 12.4 Å². The van der Waals surface area contributed by atoms with E-state index in [1.54, 1.807) is 42.5 Å². The predicted octanol–water partition coefficient (Wildman–Crippen LogP) is 4.50. The Kier molecular flexibility index (Phi) is 7.53. The van der Waals surface area contributed by atoms with E-state index >= 15 is 0 Å². The van der Waals surface area contributed by atoms with E-state index in [0.717, 1.165) is 5.56 Å². The third-order valence-corrected chi connectivity index (χ3v) is 6.43. The zero-order valence-corrected chi connectivity index (χ0v) is 18.7. The molecule has 2 atom stereocenters. The quantitative estimate of drug-likeness (QED) is 0.201. The Labute approximate surface area is 187 Å². The molecule has 168 valence electrons. The number of hydrogen-bond acceptors (Lipinski definition) is 6. The standard InChI is InChI=1S/C23H26N3O5P/c1-29-21-14-18(10-13-20(21)31-15-16-6-4-3-5-7-16)23(32(27,28)30-2)26-19-11-8-17(9-12-19)22(24)25/h3-14,23,26H,15H2,1-2H3,(H3,24,25)(H,27,28). The van der Waals surface area contributed by atoms with Crippen molar-refractivity contribution in [3.63, 3.8) is 0 Å². The van der Waals surface area contributed by atoms with Gasteiger partial charge < -0.3 is 29.9 Å². The lowest BCUT2D eigenvalue weighted by Crippen LogP contribution is -2.14. The van der Waals surface area contributed by atoms with Crippen molar-refractivity contribution in [2.24, 2.45) is 5.73 Å². The largest absolute Gasteiger partial charge is 0.493 e.